The van der Waals surface area contributed by atoms with E-state index in [9.17, 15) is 13.6 Å². The van der Waals surface area contributed by atoms with Crippen molar-refractivity contribution in [1.29, 1.82) is 0 Å². The molecular weight excluding hydrogens is 204 g/mol. The zero-order valence-corrected chi connectivity index (χ0v) is 8.17. The van der Waals surface area contributed by atoms with Gasteiger partial charge in [-0.2, -0.15) is 0 Å². The quantitative estimate of drug-likeness (QED) is 0.765. The van der Waals surface area contributed by atoms with Crippen molar-refractivity contribution in [3.8, 4) is 0 Å². The summed E-state index contributed by atoms with van der Waals surface area (Å²) in [5, 5.41) is 0. The van der Waals surface area contributed by atoms with Crippen LogP contribution in [0.15, 0.2) is 18.2 Å². The predicted molar refractivity (Wildman–Crippen MR) is 50.1 cm³/mol. The molecule has 0 heterocycles. The number of ether oxygens (including phenoxy) is 1. The van der Waals surface area contributed by atoms with Crippen molar-refractivity contribution in [2.45, 2.75) is 12.5 Å². The summed E-state index contributed by atoms with van der Waals surface area (Å²) in [6.07, 6.45) is -0.0870. The average molecular weight is 215 g/mol. The number of hydrogen-bond acceptors (Lipinski definition) is 3. The zero-order valence-electron chi connectivity index (χ0n) is 8.17. The maximum atomic E-state index is 13.1. The van der Waals surface area contributed by atoms with Crippen LogP contribution in [0.5, 0.6) is 0 Å². The summed E-state index contributed by atoms with van der Waals surface area (Å²) >= 11 is 0. The summed E-state index contributed by atoms with van der Waals surface area (Å²) in [7, 11) is 1.18. The Bertz CT molecular complexity index is 368. The molecule has 3 nitrogen and oxygen atoms in total. The number of carbonyl (C=O) groups excluding carboxylic acids is 1. The number of nitrogens with two attached hydrogens (primary N) is 1. The van der Waals surface area contributed by atoms with Crippen LogP contribution in [0, 0.1) is 11.6 Å². The van der Waals surface area contributed by atoms with Crippen molar-refractivity contribution in [3.63, 3.8) is 0 Å². The van der Waals surface area contributed by atoms with Gasteiger partial charge in [-0.3, -0.25) is 4.79 Å². The fourth-order valence-corrected chi connectivity index (χ4v) is 1.18. The first-order valence-corrected chi connectivity index (χ1v) is 4.32. The van der Waals surface area contributed by atoms with Gasteiger partial charge in [0.2, 0.25) is 0 Å². The second-order valence-corrected chi connectivity index (χ2v) is 3.05. The SMILES string of the molecule is COC(=O)[C@H](N)Cc1cccc(F)c1F. The van der Waals surface area contributed by atoms with E-state index >= 15 is 0 Å². The third-order valence-corrected chi connectivity index (χ3v) is 1.98. The Kier molecular flexibility index (Phi) is 3.74. The van der Waals surface area contributed by atoms with E-state index in [-0.39, 0.29) is 12.0 Å². The van der Waals surface area contributed by atoms with Gasteiger partial charge < -0.3 is 10.5 Å². The lowest BCUT2D eigenvalue weighted by Crippen LogP contribution is -2.34. The monoisotopic (exact) mass is 215 g/mol. The first-order valence-electron chi connectivity index (χ1n) is 4.32. The second kappa shape index (κ2) is 4.84. The largest absolute Gasteiger partial charge is 0.468 e. The van der Waals surface area contributed by atoms with E-state index in [4.69, 9.17) is 5.73 Å². The molecular formula is C10H11F2NO2. The van der Waals surface area contributed by atoms with Crippen LogP contribution in [0.3, 0.4) is 0 Å². The van der Waals surface area contributed by atoms with Crippen molar-refractivity contribution >= 4 is 5.97 Å². The molecule has 0 radical (unpaired) electrons. The molecule has 1 aromatic carbocycles. The minimum atomic E-state index is -0.980. The molecule has 1 rings (SSSR count). The summed E-state index contributed by atoms with van der Waals surface area (Å²) in [5.74, 6) is -2.58. The topological polar surface area (TPSA) is 52.3 Å². The molecule has 0 saturated carbocycles. The van der Waals surface area contributed by atoms with Crippen molar-refractivity contribution in [2.75, 3.05) is 7.11 Å². The molecule has 0 aromatic heterocycles. The van der Waals surface area contributed by atoms with E-state index in [1.54, 1.807) is 0 Å². The minimum Gasteiger partial charge on any atom is -0.468 e. The number of halogens is 2. The molecule has 0 saturated heterocycles. The van der Waals surface area contributed by atoms with Crippen molar-refractivity contribution in [1.82, 2.24) is 0 Å². The van der Waals surface area contributed by atoms with Crippen molar-refractivity contribution < 1.29 is 18.3 Å². The molecule has 2 N–H and O–H groups in total. The molecule has 1 atom stereocenters. The van der Waals surface area contributed by atoms with Gasteiger partial charge >= 0.3 is 5.97 Å². The molecule has 0 aliphatic carbocycles. The molecule has 82 valence electrons. The highest BCUT2D eigenvalue weighted by molar-refractivity contribution is 5.75. The van der Waals surface area contributed by atoms with E-state index in [1.165, 1.54) is 19.2 Å². The minimum absolute atomic E-state index is 0.0629. The summed E-state index contributed by atoms with van der Waals surface area (Å²) in [6.45, 7) is 0. The molecule has 0 bridgehead atoms. The van der Waals surface area contributed by atoms with Gasteiger partial charge in [-0.05, 0) is 11.6 Å². The van der Waals surface area contributed by atoms with Crippen LogP contribution in [0.25, 0.3) is 0 Å². The number of rotatable bonds is 3. The van der Waals surface area contributed by atoms with Gasteiger partial charge in [0.15, 0.2) is 11.6 Å². The van der Waals surface area contributed by atoms with Crippen LogP contribution in [-0.4, -0.2) is 19.1 Å². The molecule has 15 heavy (non-hydrogen) atoms. The Morgan fingerprint density at radius 1 is 1.53 bits per heavy atom. The van der Waals surface area contributed by atoms with Gasteiger partial charge in [-0.25, -0.2) is 8.78 Å². The highest BCUT2D eigenvalue weighted by atomic mass is 19.2. The van der Waals surface area contributed by atoms with Crippen LogP contribution in [0.2, 0.25) is 0 Å². The number of esters is 1. The zero-order chi connectivity index (χ0) is 11.4. The Balaban J connectivity index is 2.81. The Hall–Kier alpha value is -1.49. The first-order chi connectivity index (χ1) is 7.06. The lowest BCUT2D eigenvalue weighted by Gasteiger charge is -2.09. The summed E-state index contributed by atoms with van der Waals surface area (Å²) in [6, 6.07) is 2.76. The number of hydrogen-bond donors (Lipinski definition) is 1. The summed E-state index contributed by atoms with van der Waals surface area (Å²) < 4.78 is 30.3. The van der Waals surface area contributed by atoms with Crippen molar-refractivity contribution in [2.24, 2.45) is 5.73 Å². The molecule has 0 aliphatic heterocycles. The lowest BCUT2D eigenvalue weighted by atomic mass is 10.1. The molecule has 1 aromatic rings. The average Bonchev–Trinajstić information content (AvgIpc) is 2.23. The van der Waals surface area contributed by atoms with E-state index in [0.29, 0.717) is 0 Å². The molecule has 0 unspecified atom stereocenters. The summed E-state index contributed by atoms with van der Waals surface area (Å²) in [5.41, 5.74) is 5.48. The Morgan fingerprint density at radius 2 is 2.20 bits per heavy atom. The van der Waals surface area contributed by atoms with Crippen LogP contribution in [0.1, 0.15) is 5.56 Å². The van der Waals surface area contributed by atoms with E-state index in [2.05, 4.69) is 4.74 Å². The predicted octanol–water partition coefficient (Wildman–Crippen LogP) is 1.01. The summed E-state index contributed by atoms with van der Waals surface area (Å²) in [4.78, 5) is 10.9. The van der Waals surface area contributed by atoms with Crippen molar-refractivity contribution in [3.05, 3.63) is 35.4 Å². The van der Waals surface area contributed by atoms with Crippen LogP contribution >= 0.6 is 0 Å². The highest BCUT2D eigenvalue weighted by Crippen LogP contribution is 2.12. The fraction of sp³-hybridized carbons (Fsp3) is 0.300. The number of methoxy groups -OCH3 is 1. The van der Waals surface area contributed by atoms with Crippen LogP contribution in [0.4, 0.5) is 8.78 Å². The van der Waals surface area contributed by atoms with Gasteiger partial charge in [-0.15, -0.1) is 0 Å². The highest BCUT2D eigenvalue weighted by Gasteiger charge is 2.17. The van der Waals surface area contributed by atoms with Crippen LogP contribution < -0.4 is 5.73 Å². The van der Waals surface area contributed by atoms with E-state index in [0.717, 1.165) is 6.07 Å². The maximum absolute atomic E-state index is 13.1. The number of carbonyl (C=O) groups is 1. The second-order valence-electron chi connectivity index (χ2n) is 3.05. The smallest absolute Gasteiger partial charge is 0.322 e. The number of benzene rings is 1. The van der Waals surface area contributed by atoms with Gasteiger partial charge in [0.05, 0.1) is 7.11 Å². The molecule has 0 amide bonds. The molecule has 5 heteroatoms. The standard InChI is InChI=1S/C10H11F2NO2/c1-15-10(14)8(13)5-6-3-2-4-7(11)9(6)12/h2-4,8H,5,13H2,1H3/t8-/m1/s1. The van der Waals surface area contributed by atoms with E-state index < -0.39 is 23.6 Å². The van der Waals surface area contributed by atoms with Gasteiger partial charge in [0.25, 0.3) is 0 Å². The van der Waals surface area contributed by atoms with E-state index in [1.807, 2.05) is 0 Å². The third kappa shape index (κ3) is 2.73. The van der Waals surface area contributed by atoms with Gasteiger partial charge in [0, 0.05) is 6.42 Å². The molecule has 0 aliphatic rings. The van der Waals surface area contributed by atoms with Gasteiger partial charge in [-0.1, -0.05) is 12.1 Å². The molecule has 0 spiro atoms. The first kappa shape index (κ1) is 11.6. The van der Waals surface area contributed by atoms with Crippen LogP contribution in [-0.2, 0) is 16.0 Å². The maximum Gasteiger partial charge on any atom is 0.322 e. The fourth-order valence-electron chi connectivity index (χ4n) is 1.18. The Morgan fingerprint density at radius 3 is 2.80 bits per heavy atom. The normalized spacial score (nSPS) is 12.3. The third-order valence-electron chi connectivity index (χ3n) is 1.98. The van der Waals surface area contributed by atoms with Gasteiger partial charge in [0.1, 0.15) is 6.04 Å². The molecule has 0 fully saturated rings. The Labute approximate surface area is 85.8 Å². The lowest BCUT2D eigenvalue weighted by molar-refractivity contribution is -0.142.